The SMILES string of the molecule is CCNCCCNC[Si](C)(C)C.C[Si](C)(C)CCl.NCCCN.O=CO[O-].[H-].[K+].[K+]. The molecule has 0 amide bonds. The third kappa shape index (κ3) is 80.3. The Morgan fingerprint density at radius 2 is 1.34 bits per heavy atom. The zero-order valence-corrected chi connectivity index (χ0v) is 29.7. The molecule has 0 aliphatic heterocycles. The normalized spacial score (nSPS) is 9.62. The van der Waals surface area contributed by atoms with Gasteiger partial charge in [0, 0.05) is 5.50 Å². The Morgan fingerprint density at radius 1 is 0.966 bits per heavy atom. The number of hydrogen-bond acceptors (Lipinski definition) is 7. The van der Waals surface area contributed by atoms with Crippen LogP contribution in [0.15, 0.2) is 0 Å². The van der Waals surface area contributed by atoms with Crippen LogP contribution in [0.1, 0.15) is 21.2 Å². The van der Waals surface area contributed by atoms with E-state index >= 15 is 0 Å². The van der Waals surface area contributed by atoms with Gasteiger partial charge in [-0.1, -0.05) is 46.2 Å². The molecule has 0 unspecified atom stereocenters. The number of halogens is 1. The predicted molar refractivity (Wildman–Crippen MR) is 124 cm³/mol. The summed E-state index contributed by atoms with van der Waals surface area (Å²) in [5.74, 6) is 0. The molecule has 0 aromatic rings. The fourth-order valence-corrected chi connectivity index (χ4v) is 2.02. The van der Waals surface area contributed by atoms with Crippen molar-refractivity contribution in [1.29, 1.82) is 0 Å². The van der Waals surface area contributed by atoms with Gasteiger partial charge in [0.25, 0.3) is 6.47 Å². The maximum atomic E-state index is 8.64. The summed E-state index contributed by atoms with van der Waals surface area (Å²) in [6.07, 6.45) is 3.44. The Kier molecular flexibility index (Phi) is 56.5. The number of hydrogen-bond donors (Lipinski definition) is 4. The smallest absolute Gasteiger partial charge is 1.00 e. The van der Waals surface area contributed by atoms with Crippen LogP contribution in [0, 0.1) is 0 Å². The molecule has 0 aliphatic carbocycles. The van der Waals surface area contributed by atoms with Crippen LogP contribution in [0.25, 0.3) is 0 Å². The molecule has 0 aliphatic rings. The van der Waals surface area contributed by atoms with Gasteiger partial charge < -0.3 is 33.7 Å². The molecule has 0 rings (SSSR count). The Balaban J connectivity index is -0.0000000504. The maximum absolute atomic E-state index is 8.64. The first-order chi connectivity index (χ1) is 12.4. The molecule has 0 aromatic heterocycles. The van der Waals surface area contributed by atoms with Gasteiger partial charge in [0.1, 0.15) is 0 Å². The van der Waals surface area contributed by atoms with Crippen molar-refractivity contribution < 1.29 is 119 Å². The van der Waals surface area contributed by atoms with E-state index in [1.807, 2.05) is 0 Å². The Bertz CT molecular complexity index is 295. The van der Waals surface area contributed by atoms with Gasteiger partial charge in [-0.25, -0.2) is 0 Å². The summed E-state index contributed by atoms with van der Waals surface area (Å²) < 4.78 is 0. The molecule has 0 radical (unpaired) electrons. The van der Waals surface area contributed by atoms with E-state index in [4.69, 9.17) is 33.1 Å². The zero-order chi connectivity index (χ0) is 22.2. The molecule has 6 N–H and O–H groups in total. The van der Waals surface area contributed by atoms with Gasteiger partial charge in [0.15, 0.2) is 0 Å². The van der Waals surface area contributed by atoms with E-state index in [1.54, 1.807) is 0 Å². The van der Waals surface area contributed by atoms with Crippen molar-refractivity contribution in [1.82, 2.24) is 10.6 Å². The van der Waals surface area contributed by atoms with Gasteiger partial charge >= 0.3 is 103 Å². The second-order valence-corrected chi connectivity index (χ2v) is 19.9. The molecule has 170 valence electrons. The van der Waals surface area contributed by atoms with Crippen LogP contribution in [0.5, 0.6) is 0 Å². The first-order valence-electron chi connectivity index (χ1n) is 9.55. The summed E-state index contributed by atoms with van der Waals surface area (Å²) in [4.78, 5) is 11.2. The van der Waals surface area contributed by atoms with Crippen molar-refractivity contribution in [3.8, 4) is 0 Å². The van der Waals surface area contributed by atoms with Crippen LogP contribution >= 0.6 is 11.6 Å². The van der Waals surface area contributed by atoms with Gasteiger partial charge in [-0.3, -0.25) is 4.79 Å². The van der Waals surface area contributed by atoms with Gasteiger partial charge in [0.2, 0.25) is 0 Å². The molecule has 29 heavy (non-hydrogen) atoms. The first-order valence-corrected chi connectivity index (χ1v) is 17.5. The number of nitrogens with two attached hydrogens (primary N) is 2. The second kappa shape index (κ2) is 35.8. The van der Waals surface area contributed by atoms with E-state index in [2.05, 4.69) is 61.7 Å². The average molecular weight is 525 g/mol. The summed E-state index contributed by atoms with van der Waals surface area (Å²) in [7, 11) is -1.72. The number of carbonyl (C=O) groups excluding carboxylic acids is 1. The summed E-state index contributed by atoms with van der Waals surface area (Å²) in [6.45, 7) is 20.7. The summed E-state index contributed by atoms with van der Waals surface area (Å²) in [6, 6.07) is 0. The van der Waals surface area contributed by atoms with Crippen LogP contribution in [0.4, 0.5) is 0 Å². The molecule has 0 bridgehead atoms. The molecule has 12 heteroatoms. The Hall–Kier alpha value is 3.27. The van der Waals surface area contributed by atoms with Crippen molar-refractivity contribution in [2.45, 2.75) is 59.0 Å². The third-order valence-corrected chi connectivity index (χ3v) is 6.98. The second-order valence-electron chi connectivity index (χ2n) is 8.26. The summed E-state index contributed by atoms with van der Waals surface area (Å²) in [5, 5.41) is 15.3. The first kappa shape index (κ1) is 45.7. The Labute approximate surface area is 274 Å². The molecule has 0 saturated heterocycles. The van der Waals surface area contributed by atoms with E-state index in [0.717, 1.165) is 44.6 Å². The summed E-state index contributed by atoms with van der Waals surface area (Å²) in [5.41, 5.74) is 11.0. The van der Waals surface area contributed by atoms with Crippen molar-refractivity contribution in [3.63, 3.8) is 0 Å². The van der Waals surface area contributed by atoms with E-state index in [1.165, 1.54) is 12.6 Å². The predicted octanol–water partition coefficient (Wildman–Crippen LogP) is -4.60. The quantitative estimate of drug-likeness (QED) is 0.0535. The minimum atomic E-state index is -0.866. The molecule has 0 saturated carbocycles. The minimum absolute atomic E-state index is 0. The molecule has 7 nitrogen and oxygen atoms in total. The number of rotatable bonds is 11. The minimum Gasteiger partial charge on any atom is -1.00 e. The monoisotopic (exact) mass is 524 g/mol. The molecular weight excluding hydrogens is 478 g/mol. The number of nitrogens with one attached hydrogen (secondary N) is 2. The van der Waals surface area contributed by atoms with E-state index in [-0.39, 0.29) is 111 Å². The van der Waals surface area contributed by atoms with Crippen LogP contribution in [-0.2, 0) is 9.68 Å². The van der Waals surface area contributed by atoms with Crippen LogP contribution in [0.2, 0.25) is 39.3 Å². The van der Waals surface area contributed by atoms with E-state index in [9.17, 15) is 0 Å². The molecular formula is C17H47ClK2N4O3Si2. The van der Waals surface area contributed by atoms with Gasteiger partial charge in [-0.15, -0.1) is 11.6 Å². The third-order valence-electron chi connectivity index (χ3n) is 2.46. The van der Waals surface area contributed by atoms with Gasteiger partial charge in [-0.05, 0) is 51.7 Å². The molecule has 0 atom stereocenters. The van der Waals surface area contributed by atoms with Crippen molar-refractivity contribution in [2.24, 2.45) is 11.5 Å². The van der Waals surface area contributed by atoms with Crippen molar-refractivity contribution in [2.75, 3.05) is 44.4 Å². The molecule has 0 heterocycles. The van der Waals surface area contributed by atoms with Crippen LogP contribution in [-0.4, -0.2) is 67.0 Å². The zero-order valence-electron chi connectivity index (χ0n) is 21.7. The molecule has 0 spiro atoms. The molecule has 0 fully saturated rings. The van der Waals surface area contributed by atoms with Crippen molar-refractivity contribution in [3.05, 3.63) is 0 Å². The van der Waals surface area contributed by atoms with E-state index in [0.29, 0.717) is 0 Å². The standard InChI is InChI=1S/C9H24N2Si.C4H11ClSi.C3H10N2.CH2O3.2K.H/c1-5-10-7-6-8-11-9-12(2,3)4;1-6(2,3)4-5;4-2-1-3-5;2-1-4-3;;;/h10-11H,5-9H2,1-4H3;4H2,1-3H3;1-5H2;1,3H;;;/q;;;;2*+1;-1/p-1. The van der Waals surface area contributed by atoms with E-state index < -0.39 is 16.1 Å². The summed E-state index contributed by atoms with van der Waals surface area (Å²) >= 11 is 5.54. The number of alkyl halides is 1. The fourth-order valence-electron chi connectivity index (χ4n) is 1.10. The van der Waals surface area contributed by atoms with Crippen LogP contribution < -0.4 is 130 Å². The molecule has 0 aromatic carbocycles. The van der Waals surface area contributed by atoms with Crippen molar-refractivity contribution >= 4 is 34.2 Å². The Morgan fingerprint density at radius 3 is 1.55 bits per heavy atom. The maximum Gasteiger partial charge on any atom is 1.00 e. The average Bonchev–Trinajstić information content (AvgIpc) is 2.58. The van der Waals surface area contributed by atoms with Gasteiger partial charge in [-0.2, -0.15) is 0 Å². The largest absolute Gasteiger partial charge is 1.00 e. The van der Waals surface area contributed by atoms with Gasteiger partial charge in [0.05, 0.1) is 16.1 Å². The van der Waals surface area contributed by atoms with Crippen LogP contribution in [0.3, 0.4) is 0 Å². The topological polar surface area (TPSA) is 125 Å². The number of carbonyl (C=O) groups is 1. The fraction of sp³-hybridized carbons (Fsp3) is 0.941.